The Hall–Kier alpha value is -2.86. The normalized spacial score (nSPS) is 13.3. The fourth-order valence-corrected chi connectivity index (χ4v) is 2.52. The van der Waals surface area contributed by atoms with E-state index in [2.05, 4.69) is 4.90 Å². The van der Waals surface area contributed by atoms with E-state index in [0.717, 1.165) is 17.8 Å². The molecule has 0 saturated carbocycles. The number of anilines is 1. The summed E-state index contributed by atoms with van der Waals surface area (Å²) in [6, 6.07) is 7.63. The number of rotatable bonds is 4. The highest BCUT2D eigenvalue weighted by Gasteiger charge is 2.23. The molecule has 0 aliphatic carbocycles. The van der Waals surface area contributed by atoms with Crippen LogP contribution in [-0.2, 0) is 0 Å². The molecule has 1 heterocycles. The van der Waals surface area contributed by atoms with Crippen molar-refractivity contribution in [2.75, 3.05) is 39.3 Å². The molecule has 6 nitrogen and oxygen atoms in total. The number of hydrogen-bond donors (Lipinski definition) is 0. The van der Waals surface area contributed by atoms with Crippen LogP contribution in [-0.4, -0.2) is 34.4 Å². The average molecular weight is 299 g/mol. The van der Waals surface area contributed by atoms with Crippen molar-refractivity contribution in [2.24, 2.45) is 0 Å². The highest BCUT2D eigenvalue weighted by molar-refractivity contribution is 5.65. The van der Waals surface area contributed by atoms with Gasteiger partial charge in [0.15, 0.2) is 11.5 Å². The zero-order valence-corrected chi connectivity index (χ0v) is 12.8. The number of methoxy groups -OCH3 is 3. The van der Waals surface area contributed by atoms with Gasteiger partial charge in [-0.05, 0) is 12.0 Å². The topological polar surface area (TPSA) is 78.5 Å². The molecule has 0 bridgehead atoms. The molecule has 1 aromatic rings. The van der Waals surface area contributed by atoms with Gasteiger partial charge in [0, 0.05) is 30.9 Å². The lowest BCUT2D eigenvalue weighted by Gasteiger charge is -2.21. The lowest BCUT2D eigenvalue weighted by Crippen LogP contribution is -2.18. The first-order chi connectivity index (χ1) is 10.7. The average Bonchev–Trinajstić information content (AvgIpc) is 3.04. The van der Waals surface area contributed by atoms with E-state index >= 15 is 0 Å². The van der Waals surface area contributed by atoms with E-state index in [1.165, 1.54) is 0 Å². The van der Waals surface area contributed by atoms with E-state index in [4.69, 9.17) is 24.7 Å². The number of ether oxygens (including phenoxy) is 3. The van der Waals surface area contributed by atoms with Crippen molar-refractivity contribution < 1.29 is 14.2 Å². The van der Waals surface area contributed by atoms with Crippen molar-refractivity contribution in [1.29, 1.82) is 10.5 Å². The first-order valence-corrected chi connectivity index (χ1v) is 6.75. The SMILES string of the molecule is COc1cc(N2CCC(=C(C#N)C#N)C2)cc(OC)c1OC. The predicted octanol–water partition coefficient (Wildman–Crippen LogP) is 2.27. The molecule has 6 heteroatoms. The van der Waals surface area contributed by atoms with Gasteiger partial charge in [-0.2, -0.15) is 10.5 Å². The lowest BCUT2D eigenvalue weighted by atomic mass is 10.1. The summed E-state index contributed by atoms with van der Waals surface area (Å²) in [5, 5.41) is 17.9. The van der Waals surface area contributed by atoms with E-state index in [1.807, 2.05) is 24.3 Å². The molecule has 0 radical (unpaired) electrons. The Kier molecular flexibility index (Phi) is 4.75. The number of benzene rings is 1. The summed E-state index contributed by atoms with van der Waals surface area (Å²) >= 11 is 0. The summed E-state index contributed by atoms with van der Waals surface area (Å²) in [7, 11) is 4.70. The van der Waals surface area contributed by atoms with Crippen molar-refractivity contribution >= 4 is 5.69 Å². The molecule has 0 unspecified atom stereocenters. The minimum Gasteiger partial charge on any atom is -0.493 e. The third kappa shape index (κ3) is 2.77. The van der Waals surface area contributed by atoms with Gasteiger partial charge in [-0.15, -0.1) is 0 Å². The maximum Gasteiger partial charge on any atom is 0.203 e. The van der Waals surface area contributed by atoms with E-state index < -0.39 is 0 Å². The molecule has 1 aromatic carbocycles. The van der Waals surface area contributed by atoms with E-state index in [0.29, 0.717) is 30.2 Å². The Labute approximate surface area is 129 Å². The Morgan fingerprint density at radius 1 is 1.05 bits per heavy atom. The van der Waals surface area contributed by atoms with Crippen LogP contribution in [0.25, 0.3) is 0 Å². The zero-order valence-electron chi connectivity index (χ0n) is 12.8. The molecule has 1 saturated heterocycles. The highest BCUT2D eigenvalue weighted by atomic mass is 16.5. The van der Waals surface area contributed by atoms with Gasteiger partial charge >= 0.3 is 0 Å². The summed E-state index contributed by atoms with van der Waals surface area (Å²) in [6.45, 7) is 1.29. The van der Waals surface area contributed by atoms with E-state index in [-0.39, 0.29) is 5.57 Å². The minimum absolute atomic E-state index is 0.204. The molecular weight excluding hydrogens is 282 g/mol. The van der Waals surface area contributed by atoms with Gasteiger partial charge in [0.25, 0.3) is 0 Å². The van der Waals surface area contributed by atoms with E-state index in [9.17, 15) is 0 Å². The molecule has 0 aromatic heterocycles. The fraction of sp³-hybridized carbons (Fsp3) is 0.375. The molecule has 0 amide bonds. The van der Waals surface area contributed by atoms with Crippen molar-refractivity contribution in [3.05, 3.63) is 23.3 Å². The third-order valence-corrected chi connectivity index (χ3v) is 3.66. The second-order valence-corrected chi connectivity index (χ2v) is 4.76. The summed E-state index contributed by atoms with van der Waals surface area (Å²) in [4.78, 5) is 2.08. The van der Waals surface area contributed by atoms with Gasteiger partial charge in [0.1, 0.15) is 17.7 Å². The summed E-state index contributed by atoms with van der Waals surface area (Å²) in [5.74, 6) is 1.70. The first kappa shape index (κ1) is 15.5. The van der Waals surface area contributed by atoms with Crippen LogP contribution in [0.1, 0.15) is 6.42 Å². The molecule has 0 N–H and O–H groups in total. The zero-order chi connectivity index (χ0) is 16.1. The number of nitriles is 2. The summed E-state index contributed by atoms with van der Waals surface area (Å²) in [6.07, 6.45) is 0.702. The van der Waals surface area contributed by atoms with Gasteiger partial charge in [-0.3, -0.25) is 0 Å². The molecule has 1 fully saturated rings. The number of hydrogen-bond acceptors (Lipinski definition) is 6. The Balaban J connectivity index is 2.38. The molecule has 0 spiro atoms. The van der Waals surface area contributed by atoms with Gasteiger partial charge < -0.3 is 19.1 Å². The van der Waals surface area contributed by atoms with Crippen LogP contribution in [0.15, 0.2) is 23.3 Å². The molecular formula is C16H17N3O3. The monoisotopic (exact) mass is 299 g/mol. The highest BCUT2D eigenvalue weighted by Crippen LogP contribution is 2.42. The standard InChI is InChI=1S/C16H17N3O3/c1-20-14-6-13(7-15(21-2)16(14)22-3)19-5-4-11(10-19)12(8-17)9-18/h6-7H,4-5,10H2,1-3H3. The van der Waals surface area contributed by atoms with Gasteiger partial charge in [0.05, 0.1) is 21.3 Å². The molecule has 0 atom stereocenters. The van der Waals surface area contributed by atoms with Crippen molar-refractivity contribution in [1.82, 2.24) is 0 Å². The molecule has 2 rings (SSSR count). The van der Waals surface area contributed by atoms with Crippen LogP contribution in [0.4, 0.5) is 5.69 Å². The molecule has 114 valence electrons. The van der Waals surface area contributed by atoms with Crippen molar-refractivity contribution in [2.45, 2.75) is 6.42 Å². The maximum absolute atomic E-state index is 8.97. The Bertz CT molecular complexity index is 642. The van der Waals surface area contributed by atoms with Crippen molar-refractivity contribution in [3.63, 3.8) is 0 Å². The quantitative estimate of drug-likeness (QED) is 0.794. The predicted molar refractivity (Wildman–Crippen MR) is 81.2 cm³/mol. The van der Waals surface area contributed by atoms with Crippen LogP contribution in [0.2, 0.25) is 0 Å². The Morgan fingerprint density at radius 2 is 1.64 bits per heavy atom. The maximum atomic E-state index is 8.97. The first-order valence-electron chi connectivity index (χ1n) is 6.75. The van der Waals surface area contributed by atoms with Gasteiger partial charge in [0.2, 0.25) is 5.75 Å². The van der Waals surface area contributed by atoms with Gasteiger partial charge in [-0.25, -0.2) is 0 Å². The minimum atomic E-state index is 0.204. The second-order valence-electron chi connectivity index (χ2n) is 4.76. The Morgan fingerprint density at radius 3 is 2.09 bits per heavy atom. The summed E-state index contributed by atoms with van der Waals surface area (Å²) in [5.41, 5.74) is 1.97. The van der Waals surface area contributed by atoms with Crippen molar-refractivity contribution in [3.8, 4) is 29.4 Å². The number of allylic oxidation sites excluding steroid dienone is 1. The van der Waals surface area contributed by atoms with Crippen LogP contribution in [0.5, 0.6) is 17.2 Å². The lowest BCUT2D eigenvalue weighted by molar-refractivity contribution is 0.324. The third-order valence-electron chi connectivity index (χ3n) is 3.66. The fourth-order valence-electron chi connectivity index (χ4n) is 2.52. The molecule has 1 aliphatic rings. The second kappa shape index (κ2) is 6.73. The van der Waals surface area contributed by atoms with Crippen LogP contribution in [0.3, 0.4) is 0 Å². The summed E-state index contributed by atoms with van der Waals surface area (Å²) < 4.78 is 16.0. The van der Waals surface area contributed by atoms with Crippen LogP contribution >= 0.6 is 0 Å². The van der Waals surface area contributed by atoms with E-state index in [1.54, 1.807) is 21.3 Å². The van der Waals surface area contributed by atoms with Crippen LogP contribution in [0, 0.1) is 22.7 Å². The number of nitrogens with zero attached hydrogens (tertiary/aromatic N) is 3. The molecule has 1 aliphatic heterocycles. The van der Waals surface area contributed by atoms with Gasteiger partial charge in [-0.1, -0.05) is 0 Å². The largest absolute Gasteiger partial charge is 0.493 e. The smallest absolute Gasteiger partial charge is 0.203 e. The van der Waals surface area contributed by atoms with Crippen LogP contribution < -0.4 is 19.1 Å². The molecule has 22 heavy (non-hydrogen) atoms.